The molecule has 8 nitrogen and oxygen atoms in total. The molecule has 4 aliphatic heterocycles. The number of likely N-dealkylation sites (tertiary alicyclic amines) is 1. The van der Waals surface area contributed by atoms with E-state index in [1.807, 2.05) is 0 Å². The molecule has 0 saturated carbocycles. The molecule has 0 aliphatic carbocycles. The van der Waals surface area contributed by atoms with Gasteiger partial charge in [0.05, 0.1) is 11.7 Å². The van der Waals surface area contributed by atoms with Gasteiger partial charge >= 0.3 is 0 Å². The Bertz CT molecular complexity index is 1070. The van der Waals surface area contributed by atoms with Crippen molar-refractivity contribution >= 4 is 11.8 Å². The fourth-order valence-electron chi connectivity index (χ4n) is 5.19. The number of amides is 2. The van der Waals surface area contributed by atoms with Gasteiger partial charge in [-0.15, -0.1) is 0 Å². The van der Waals surface area contributed by atoms with E-state index in [-0.39, 0.29) is 11.8 Å². The van der Waals surface area contributed by atoms with E-state index in [1.165, 1.54) is 23.3 Å². The van der Waals surface area contributed by atoms with Crippen LogP contribution in [0.4, 0.5) is 8.78 Å². The maximum absolute atomic E-state index is 13.8. The van der Waals surface area contributed by atoms with Gasteiger partial charge < -0.3 is 20.3 Å². The zero-order valence-electron chi connectivity index (χ0n) is 17.9. The molecular formula is C23H25F2N5O3. The van der Waals surface area contributed by atoms with Crippen molar-refractivity contribution in [3.05, 3.63) is 71.2 Å². The van der Waals surface area contributed by atoms with E-state index in [0.29, 0.717) is 55.6 Å². The summed E-state index contributed by atoms with van der Waals surface area (Å²) in [5.41, 5.74) is 5.94. The number of hydrogen-bond acceptors (Lipinski definition) is 6. The van der Waals surface area contributed by atoms with Gasteiger partial charge in [0.15, 0.2) is 5.60 Å². The van der Waals surface area contributed by atoms with Crippen molar-refractivity contribution in [2.45, 2.75) is 43.6 Å². The lowest BCUT2D eigenvalue weighted by atomic mass is 9.89. The van der Waals surface area contributed by atoms with Crippen molar-refractivity contribution in [2.75, 3.05) is 13.1 Å². The highest BCUT2D eigenvalue weighted by Crippen LogP contribution is 2.47. The summed E-state index contributed by atoms with van der Waals surface area (Å²) in [5, 5.41) is 1.32. The van der Waals surface area contributed by atoms with Crippen LogP contribution in [0.15, 0.2) is 54.0 Å². The van der Waals surface area contributed by atoms with Crippen LogP contribution in [0.3, 0.4) is 0 Å². The minimum absolute atomic E-state index is 0.171. The number of carbonyl (C=O) groups excluding carboxylic acids is 2. The number of fused-ring (bicyclic) bond motifs is 1. The average Bonchev–Trinajstić information content (AvgIpc) is 3.31. The van der Waals surface area contributed by atoms with Gasteiger partial charge in [-0.2, -0.15) is 0 Å². The molecule has 1 spiro atoms. The maximum Gasteiger partial charge on any atom is 0.257 e. The van der Waals surface area contributed by atoms with Crippen LogP contribution in [-0.2, 0) is 14.3 Å². The first-order valence-corrected chi connectivity index (χ1v) is 10.9. The fourth-order valence-corrected chi connectivity index (χ4v) is 5.19. The predicted octanol–water partition coefficient (Wildman–Crippen LogP) is 1.78. The topological polar surface area (TPSA) is 105 Å². The van der Waals surface area contributed by atoms with E-state index in [1.54, 1.807) is 28.2 Å². The van der Waals surface area contributed by atoms with Gasteiger partial charge in [-0.1, -0.05) is 0 Å². The summed E-state index contributed by atoms with van der Waals surface area (Å²) >= 11 is 0. The van der Waals surface area contributed by atoms with Crippen LogP contribution in [0.2, 0.25) is 0 Å². The van der Waals surface area contributed by atoms with Crippen LogP contribution >= 0.6 is 0 Å². The first-order chi connectivity index (χ1) is 15.8. The molecule has 4 aliphatic rings. The van der Waals surface area contributed by atoms with Gasteiger partial charge in [0.25, 0.3) is 11.8 Å². The summed E-state index contributed by atoms with van der Waals surface area (Å²) in [4.78, 5) is 29.7. The van der Waals surface area contributed by atoms with Gasteiger partial charge in [0, 0.05) is 50.0 Å². The predicted molar refractivity (Wildman–Crippen MR) is 114 cm³/mol. The van der Waals surface area contributed by atoms with E-state index >= 15 is 0 Å². The Balaban J connectivity index is 1.29. The highest BCUT2D eigenvalue weighted by Gasteiger charge is 2.58. The third kappa shape index (κ3) is 3.59. The van der Waals surface area contributed by atoms with Crippen LogP contribution in [-0.4, -0.2) is 51.5 Å². The number of hydrazine groups is 1. The number of benzene rings is 1. The molecule has 0 bridgehead atoms. The number of allylic oxidation sites excluding steroid dienone is 1. The molecule has 2 atom stereocenters. The average molecular weight is 457 g/mol. The van der Waals surface area contributed by atoms with Crippen LogP contribution in [0, 0.1) is 11.6 Å². The van der Waals surface area contributed by atoms with Gasteiger partial charge in [-0.3, -0.25) is 14.6 Å². The molecule has 174 valence electrons. The molecule has 4 heterocycles. The summed E-state index contributed by atoms with van der Waals surface area (Å²) in [5.74, 6) is 4.09. The summed E-state index contributed by atoms with van der Waals surface area (Å²) in [7, 11) is 0. The molecule has 5 rings (SSSR count). The Labute approximate surface area is 189 Å². The van der Waals surface area contributed by atoms with E-state index in [9.17, 15) is 18.4 Å². The second-order valence-electron chi connectivity index (χ2n) is 8.78. The Kier molecular flexibility index (Phi) is 5.21. The van der Waals surface area contributed by atoms with E-state index < -0.39 is 29.5 Å². The van der Waals surface area contributed by atoms with Crippen molar-refractivity contribution in [3.63, 3.8) is 0 Å². The lowest BCUT2D eigenvalue weighted by molar-refractivity contribution is -0.147. The minimum Gasteiger partial charge on any atom is -0.403 e. The molecule has 4 N–H and O–H groups in total. The molecule has 2 amide bonds. The normalized spacial score (nSPS) is 27.5. The minimum atomic E-state index is -1.01. The SMILES string of the molecule is N/C=C1/C=C(C(=O)N2CCC3(CC2)OC2CC[C@@H](c4cc(F)cc(F)c4)N2C3=O)C=CN1N. The lowest BCUT2D eigenvalue weighted by Crippen LogP contribution is -2.52. The maximum atomic E-state index is 13.8. The molecule has 33 heavy (non-hydrogen) atoms. The first kappa shape index (κ1) is 21.6. The number of carbonyl (C=O) groups is 2. The Morgan fingerprint density at radius 2 is 1.85 bits per heavy atom. The number of rotatable bonds is 2. The first-order valence-electron chi connectivity index (χ1n) is 10.9. The second kappa shape index (κ2) is 7.96. The number of ether oxygens (including phenoxy) is 1. The summed E-state index contributed by atoms with van der Waals surface area (Å²) in [6, 6.07) is 2.94. The van der Waals surface area contributed by atoms with Crippen molar-refractivity contribution in [2.24, 2.45) is 11.6 Å². The summed E-state index contributed by atoms with van der Waals surface area (Å²) < 4.78 is 33.8. The van der Waals surface area contributed by atoms with Crippen molar-refractivity contribution in [1.82, 2.24) is 14.8 Å². The second-order valence-corrected chi connectivity index (χ2v) is 8.78. The van der Waals surface area contributed by atoms with Crippen LogP contribution in [0.5, 0.6) is 0 Å². The molecule has 1 unspecified atom stereocenters. The van der Waals surface area contributed by atoms with Crippen LogP contribution in [0.1, 0.15) is 37.3 Å². The zero-order chi connectivity index (χ0) is 23.3. The molecular weight excluding hydrogens is 432 g/mol. The summed E-state index contributed by atoms with van der Waals surface area (Å²) in [6.07, 6.45) is 7.58. The van der Waals surface area contributed by atoms with E-state index in [2.05, 4.69) is 0 Å². The number of piperidine rings is 1. The largest absolute Gasteiger partial charge is 0.403 e. The van der Waals surface area contributed by atoms with Crippen LogP contribution in [0.25, 0.3) is 0 Å². The number of hydrogen-bond donors (Lipinski definition) is 2. The molecule has 3 fully saturated rings. The van der Waals surface area contributed by atoms with E-state index in [0.717, 1.165) is 6.07 Å². The third-order valence-corrected chi connectivity index (χ3v) is 6.88. The Morgan fingerprint density at radius 3 is 2.52 bits per heavy atom. The highest BCUT2D eigenvalue weighted by molar-refractivity contribution is 5.97. The van der Waals surface area contributed by atoms with Gasteiger partial charge in [-0.25, -0.2) is 14.6 Å². The van der Waals surface area contributed by atoms with E-state index in [4.69, 9.17) is 16.3 Å². The molecule has 0 radical (unpaired) electrons. The Hall–Kier alpha value is -3.24. The van der Waals surface area contributed by atoms with Crippen LogP contribution < -0.4 is 11.6 Å². The molecule has 0 aromatic heterocycles. The van der Waals surface area contributed by atoms with Crippen molar-refractivity contribution in [1.29, 1.82) is 0 Å². The number of halogens is 2. The fraction of sp³-hybridized carbons (Fsp3) is 0.391. The Morgan fingerprint density at radius 1 is 1.15 bits per heavy atom. The number of nitrogens with zero attached hydrogens (tertiary/aromatic N) is 3. The zero-order valence-corrected chi connectivity index (χ0v) is 17.9. The quantitative estimate of drug-likeness (QED) is 0.656. The molecule has 1 aromatic carbocycles. The van der Waals surface area contributed by atoms with Crippen molar-refractivity contribution in [3.8, 4) is 0 Å². The van der Waals surface area contributed by atoms with Crippen molar-refractivity contribution < 1.29 is 23.1 Å². The number of nitrogens with two attached hydrogens (primary N) is 2. The smallest absolute Gasteiger partial charge is 0.257 e. The lowest BCUT2D eigenvalue weighted by Gasteiger charge is -2.38. The summed E-state index contributed by atoms with van der Waals surface area (Å²) in [6.45, 7) is 0.702. The third-order valence-electron chi connectivity index (χ3n) is 6.88. The monoisotopic (exact) mass is 457 g/mol. The highest BCUT2D eigenvalue weighted by atomic mass is 19.1. The standard InChI is InChI=1S/C23H25F2N5O3/c24-16-9-15(10-17(25)12-16)19-1-2-20-30(19)22(32)23(33-20)4-7-28(8-5-23)21(31)14-3-6-29(27)18(11-14)13-26/h3,6,9-13,19-20H,1-2,4-5,7-8,26-27H2/b18-13-/t19-,20?/m0/s1. The van der Waals surface area contributed by atoms with Gasteiger partial charge in [-0.05, 0) is 42.7 Å². The molecule has 3 saturated heterocycles. The van der Waals surface area contributed by atoms with Gasteiger partial charge in [0.1, 0.15) is 17.9 Å². The van der Waals surface area contributed by atoms with Gasteiger partial charge in [0.2, 0.25) is 0 Å². The molecule has 10 heteroatoms. The molecule has 1 aromatic rings.